The quantitative estimate of drug-likeness (QED) is 0.826. The maximum absolute atomic E-state index is 12.3. The van der Waals surface area contributed by atoms with Gasteiger partial charge in [0.25, 0.3) is 0 Å². The van der Waals surface area contributed by atoms with Crippen molar-refractivity contribution in [2.45, 2.75) is 29.9 Å². The number of rotatable bonds is 3. The lowest BCUT2D eigenvalue weighted by Gasteiger charge is -2.31. The molecule has 6 heteroatoms. The Balaban J connectivity index is 1.52. The molecule has 1 aliphatic carbocycles. The van der Waals surface area contributed by atoms with Crippen molar-refractivity contribution in [1.82, 2.24) is 4.90 Å². The molecule has 0 unspecified atom stereocenters. The maximum atomic E-state index is 12.3. The molecule has 4 nitrogen and oxygen atoms in total. The predicted molar refractivity (Wildman–Crippen MR) is 87.0 cm³/mol. The molecule has 1 saturated carbocycles. The number of likely N-dealkylation sites (tertiary alicyclic amines) is 1. The molecule has 1 aromatic carbocycles. The first-order valence-corrected chi connectivity index (χ1v) is 8.91. The summed E-state index contributed by atoms with van der Waals surface area (Å²) in [6.45, 7) is 1.41. The fraction of sp³-hybridized carbons (Fsp3) is 0.562. The molecule has 2 N–H and O–H groups in total. The van der Waals surface area contributed by atoms with Crippen LogP contribution in [0.15, 0.2) is 29.2 Å². The van der Waals surface area contributed by atoms with Gasteiger partial charge in [0.15, 0.2) is 0 Å². The Morgan fingerprint density at radius 3 is 2.23 bits per heavy atom. The molecule has 3 rings (SSSR count). The molecule has 1 saturated heterocycles. The minimum Gasteiger partial charge on any atom is -0.390 e. The summed E-state index contributed by atoms with van der Waals surface area (Å²) >= 11 is 7.36. The van der Waals surface area contributed by atoms with E-state index in [2.05, 4.69) is 0 Å². The molecule has 0 radical (unpaired) electrons. The van der Waals surface area contributed by atoms with Crippen molar-refractivity contribution < 1.29 is 15.0 Å². The van der Waals surface area contributed by atoms with Crippen molar-refractivity contribution >= 4 is 29.3 Å². The minimum absolute atomic E-state index is 0.123. The van der Waals surface area contributed by atoms with E-state index in [0.717, 1.165) is 4.90 Å². The molecule has 1 aromatic rings. The number of benzene rings is 1. The van der Waals surface area contributed by atoms with Gasteiger partial charge in [-0.3, -0.25) is 4.79 Å². The number of halogens is 1. The highest BCUT2D eigenvalue weighted by Gasteiger charge is 2.42. The van der Waals surface area contributed by atoms with Gasteiger partial charge in [-0.1, -0.05) is 11.6 Å². The normalized spacial score (nSPS) is 31.1. The molecule has 4 atom stereocenters. The molecular weight excluding hydrogens is 322 g/mol. The van der Waals surface area contributed by atoms with Crippen molar-refractivity contribution in [2.75, 3.05) is 18.8 Å². The summed E-state index contributed by atoms with van der Waals surface area (Å²) in [5.74, 6) is 1.18. The number of carbonyl (C=O) groups excluding carboxylic acids is 1. The molecule has 1 amide bonds. The fourth-order valence-electron chi connectivity index (χ4n) is 3.38. The average molecular weight is 342 g/mol. The topological polar surface area (TPSA) is 60.8 Å². The third-order valence-electron chi connectivity index (χ3n) is 4.64. The maximum Gasteiger partial charge on any atom is 0.232 e. The molecule has 22 heavy (non-hydrogen) atoms. The van der Waals surface area contributed by atoms with Crippen LogP contribution in [0.1, 0.15) is 12.8 Å². The highest BCUT2D eigenvalue weighted by molar-refractivity contribution is 8.00. The molecule has 2 aliphatic rings. The van der Waals surface area contributed by atoms with Gasteiger partial charge in [0, 0.05) is 23.0 Å². The Labute approximate surface area is 139 Å². The van der Waals surface area contributed by atoms with Crippen LogP contribution in [0.2, 0.25) is 5.02 Å². The van der Waals surface area contributed by atoms with Crippen LogP contribution in [-0.2, 0) is 4.79 Å². The number of fused-ring (bicyclic) bond motifs is 1. The van der Waals surface area contributed by atoms with Crippen LogP contribution >= 0.6 is 23.4 Å². The summed E-state index contributed by atoms with van der Waals surface area (Å²) in [6.07, 6.45) is -0.0839. The molecular formula is C16H20ClNO3S. The second-order valence-corrected chi connectivity index (χ2v) is 7.65. The summed E-state index contributed by atoms with van der Waals surface area (Å²) < 4.78 is 0. The van der Waals surface area contributed by atoms with Gasteiger partial charge in [-0.25, -0.2) is 0 Å². The molecule has 0 aromatic heterocycles. The van der Waals surface area contributed by atoms with Crippen LogP contribution < -0.4 is 0 Å². The van der Waals surface area contributed by atoms with Crippen molar-refractivity contribution in [3.63, 3.8) is 0 Å². The van der Waals surface area contributed by atoms with Crippen molar-refractivity contribution in [3.05, 3.63) is 29.3 Å². The zero-order chi connectivity index (χ0) is 15.7. The number of carbonyl (C=O) groups is 1. The van der Waals surface area contributed by atoms with Gasteiger partial charge in [-0.05, 0) is 48.9 Å². The number of thioether (sulfide) groups is 1. The number of nitrogens with zero attached hydrogens (tertiary/aromatic N) is 1. The Morgan fingerprint density at radius 2 is 1.68 bits per heavy atom. The van der Waals surface area contributed by atoms with Crippen LogP contribution in [0.5, 0.6) is 0 Å². The van der Waals surface area contributed by atoms with Crippen molar-refractivity contribution in [3.8, 4) is 0 Å². The zero-order valence-electron chi connectivity index (χ0n) is 12.2. The average Bonchev–Trinajstić information content (AvgIpc) is 2.90. The van der Waals surface area contributed by atoms with Gasteiger partial charge in [0.1, 0.15) is 0 Å². The molecule has 1 aliphatic heterocycles. The Bertz CT molecular complexity index is 521. The molecule has 2 fully saturated rings. The number of hydrogen-bond donors (Lipinski definition) is 2. The first kappa shape index (κ1) is 16.1. The first-order chi connectivity index (χ1) is 10.5. The fourth-order valence-corrected chi connectivity index (χ4v) is 4.31. The standard InChI is InChI=1S/C16H20ClNO3S/c17-12-1-3-13(4-2-12)22-9-16(21)18-7-10-5-14(19)15(20)6-11(10)8-18/h1-4,10-11,14-15,19-20H,5-9H2/t10-,11+,14-,15-/m0/s1. The zero-order valence-corrected chi connectivity index (χ0v) is 13.8. The lowest BCUT2D eigenvalue weighted by atomic mass is 9.79. The van der Waals surface area contributed by atoms with Gasteiger partial charge >= 0.3 is 0 Å². The van der Waals surface area contributed by atoms with Gasteiger partial charge < -0.3 is 15.1 Å². The van der Waals surface area contributed by atoms with Crippen molar-refractivity contribution in [1.29, 1.82) is 0 Å². The SMILES string of the molecule is O=C(CSc1ccc(Cl)cc1)N1C[C@H]2C[C@H](O)[C@@H](O)C[C@H]2C1. The van der Waals surface area contributed by atoms with E-state index < -0.39 is 12.2 Å². The van der Waals surface area contributed by atoms with Gasteiger partial charge in [-0.2, -0.15) is 0 Å². The van der Waals surface area contributed by atoms with Crippen LogP contribution in [0, 0.1) is 11.8 Å². The van der Waals surface area contributed by atoms with E-state index in [-0.39, 0.29) is 5.91 Å². The third-order valence-corrected chi connectivity index (χ3v) is 5.89. The van der Waals surface area contributed by atoms with E-state index in [1.807, 2.05) is 29.2 Å². The van der Waals surface area contributed by atoms with Crippen molar-refractivity contribution in [2.24, 2.45) is 11.8 Å². The Kier molecular flexibility index (Phi) is 4.97. The number of aliphatic hydroxyl groups is 2. The third kappa shape index (κ3) is 3.59. The van der Waals surface area contributed by atoms with Gasteiger partial charge in [-0.15, -0.1) is 11.8 Å². The highest BCUT2D eigenvalue weighted by Crippen LogP contribution is 2.36. The lowest BCUT2D eigenvalue weighted by molar-refractivity contribution is -0.127. The highest BCUT2D eigenvalue weighted by atomic mass is 35.5. The van der Waals surface area contributed by atoms with E-state index >= 15 is 0 Å². The summed E-state index contributed by atoms with van der Waals surface area (Å²) in [6, 6.07) is 7.47. The molecule has 0 spiro atoms. The van der Waals surface area contributed by atoms with E-state index in [4.69, 9.17) is 11.6 Å². The summed E-state index contributed by atoms with van der Waals surface area (Å²) in [5, 5.41) is 20.2. The van der Waals surface area contributed by atoms with Gasteiger partial charge in [0.2, 0.25) is 5.91 Å². The van der Waals surface area contributed by atoms with E-state index in [9.17, 15) is 15.0 Å². The molecule has 1 heterocycles. The van der Waals surface area contributed by atoms with Crippen LogP contribution in [-0.4, -0.2) is 52.1 Å². The first-order valence-electron chi connectivity index (χ1n) is 7.55. The largest absolute Gasteiger partial charge is 0.390 e. The Morgan fingerprint density at radius 1 is 1.14 bits per heavy atom. The summed E-state index contributed by atoms with van der Waals surface area (Å²) in [7, 11) is 0. The minimum atomic E-state index is -0.639. The van der Waals surface area contributed by atoms with Crippen LogP contribution in [0.3, 0.4) is 0 Å². The van der Waals surface area contributed by atoms with Gasteiger partial charge in [0.05, 0.1) is 18.0 Å². The monoisotopic (exact) mass is 341 g/mol. The second-order valence-electron chi connectivity index (χ2n) is 6.17. The number of amides is 1. The van der Waals surface area contributed by atoms with E-state index in [1.165, 1.54) is 11.8 Å². The number of aliphatic hydroxyl groups excluding tert-OH is 2. The predicted octanol–water partition coefficient (Wildman–Crippen LogP) is 2.02. The lowest BCUT2D eigenvalue weighted by Crippen LogP contribution is -2.38. The smallest absolute Gasteiger partial charge is 0.232 e. The van der Waals surface area contributed by atoms with Crippen LogP contribution in [0.4, 0.5) is 0 Å². The second kappa shape index (κ2) is 6.79. The number of hydrogen-bond acceptors (Lipinski definition) is 4. The molecule has 0 bridgehead atoms. The van der Waals surface area contributed by atoms with Crippen LogP contribution in [0.25, 0.3) is 0 Å². The summed E-state index contributed by atoms with van der Waals surface area (Å²) in [5.41, 5.74) is 0. The molecule has 120 valence electrons. The van der Waals surface area contributed by atoms with E-state index in [1.54, 1.807) is 0 Å². The summed E-state index contributed by atoms with van der Waals surface area (Å²) in [4.78, 5) is 15.3. The Hall–Kier alpha value is -0.750. The van der Waals surface area contributed by atoms with E-state index in [0.29, 0.717) is 48.5 Å².